The van der Waals surface area contributed by atoms with E-state index in [1.807, 2.05) is 13.8 Å². The maximum Gasteiger partial charge on any atom is 0.410 e. The van der Waals surface area contributed by atoms with E-state index in [0.29, 0.717) is 56.6 Å². The highest BCUT2D eigenvalue weighted by Gasteiger charge is 2.60. The fourth-order valence-corrected chi connectivity index (χ4v) is 7.54. The first-order chi connectivity index (χ1) is 17.6. The summed E-state index contributed by atoms with van der Waals surface area (Å²) < 4.78 is 41.7. The number of benzene rings is 1. The van der Waals surface area contributed by atoms with Gasteiger partial charge in [0.1, 0.15) is 5.60 Å². The van der Waals surface area contributed by atoms with Crippen molar-refractivity contribution in [3.05, 3.63) is 29.3 Å². The second kappa shape index (κ2) is 10.3. The Labute approximate surface area is 224 Å². The van der Waals surface area contributed by atoms with Gasteiger partial charge in [0, 0.05) is 42.8 Å². The Balaban J connectivity index is 1.34. The summed E-state index contributed by atoms with van der Waals surface area (Å²) in [6.07, 6.45) is 3.76. The molecule has 37 heavy (non-hydrogen) atoms. The fraction of sp³-hybridized carbons (Fsp3) is 0.731. The molecule has 4 aliphatic rings. The molecule has 0 spiro atoms. The number of hydrogen-bond donors (Lipinski definition) is 1. The molecule has 2 saturated carbocycles. The van der Waals surface area contributed by atoms with E-state index in [2.05, 4.69) is 4.90 Å². The van der Waals surface area contributed by atoms with Crippen LogP contribution in [0.3, 0.4) is 0 Å². The van der Waals surface area contributed by atoms with Crippen molar-refractivity contribution in [1.82, 2.24) is 14.1 Å². The van der Waals surface area contributed by atoms with Crippen LogP contribution in [0.1, 0.15) is 46.0 Å². The van der Waals surface area contributed by atoms with Crippen LogP contribution in [0, 0.1) is 5.92 Å². The van der Waals surface area contributed by atoms with Crippen molar-refractivity contribution in [3.8, 4) is 0 Å². The molecule has 2 saturated heterocycles. The molecule has 4 fully saturated rings. The summed E-state index contributed by atoms with van der Waals surface area (Å²) in [5.74, 6) is 0.507. The number of aliphatic hydroxyl groups excluding tert-OH is 1. The van der Waals surface area contributed by atoms with Crippen LogP contribution in [0.5, 0.6) is 0 Å². The van der Waals surface area contributed by atoms with Crippen molar-refractivity contribution in [2.45, 2.75) is 74.1 Å². The minimum atomic E-state index is -3.87. The Morgan fingerprint density at radius 2 is 1.78 bits per heavy atom. The smallest absolute Gasteiger partial charge is 0.410 e. The lowest BCUT2D eigenvalue weighted by Gasteiger charge is -2.45. The molecule has 9 nitrogen and oxygen atoms in total. The molecule has 1 aromatic carbocycles. The molecule has 2 aliphatic heterocycles. The molecule has 206 valence electrons. The number of ether oxygens (including phenoxy) is 2. The van der Waals surface area contributed by atoms with Crippen LogP contribution in [-0.4, -0.2) is 103 Å². The van der Waals surface area contributed by atoms with Gasteiger partial charge >= 0.3 is 6.09 Å². The summed E-state index contributed by atoms with van der Waals surface area (Å²) in [5, 5.41) is 10.1. The minimum Gasteiger partial charge on any atom is -0.441 e. The third kappa shape index (κ3) is 5.65. The van der Waals surface area contributed by atoms with Gasteiger partial charge in [-0.3, -0.25) is 4.90 Å². The molecule has 2 aliphatic carbocycles. The second-order valence-electron chi connectivity index (χ2n) is 11.6. The van der Waals surface area contributed by atoms with Crippen LogP contribution in [0.25, 0.3) is 0 Å². The molecule has 1 amide bonds. The van der Waals surface area contributed by atoms with Crippen molar-refractivity contribution >= 4 is 27.7 Å². The molecule has 1 aromatic rings. The van der Waals surface area contributed by atoms with Gasteiger partial charge in [-0.1, -0.05) is 24.4 Å². The molecule has 0 bridgehead atoms. The van der Waals surface area contributed by atoms with Crippen LogP contribution in [0.4, 0.5) is 4.79 Å². The molecular weight excluding hydrogens is 518 g/mol. The monoisotopic (exact) mass is 555 g/mol. The highest BCUT2D eigenvalue weighted by molar-refractivity contribution is 7.89. The summed E-state index contributed by atoms with van der Waals surface area (Å²) in [6.45, 7) is 6.82. The van der Waals surface area contributed by atoms with Gasteiger partial charge in [-0.2, -0.15) is 4.31 Å². The molecule has 11 heteroatoms. The van der Waals surface area contributed by atoms with Crippen LogP contribution < -0.4 is 0 Å². The van der Waals surface area contributed by atoms with E-state index in [1.54, 1.807) is 21.3 Å². The molecule has 5 rings (SSSR count). The standard InChI is InChI=1S/C26H38ClN3O6S/c1-25(2,18-31)29-13-11-28(12-14-29)24(32)36-26(9-10-26)23-17-35-16-21(15-19-3-4-19)30(23)37(33,34)22-7-5-20(27)6-8-22/h5-8,19,21,23,31H,3-4,9-18H2,1-2H3. The lowest BCUT2D eigenvalue weighted by atomic mass is 10.0. The van der Waals surface area contributed by atoms with E-state index in [-0.39, 0.29) is 29.7 Å². The summed E-state index contributed by atoms with van der Waals surface area (Å²) >= 11 is 6.03. The Kier molecular flexibility index (Phi) is 7.54. The van der Waals surface area contributed by atoms with Gasteiger partial charge in [-0.05, 0) is 63.3 Å². The van der Waals surface area contributed by atoms with Gasteiger partial charge < -0.3 is 19.5 Å². The van der Waals surface area contributed by atoms with Crippen molar-refractivity contribution in [2.75, 3.05) is 46.0 Å². The first-order valence-electron chi connectivity index (χ1n) is 13.3. The van der Waals surface area contributed by atoms with E-state index in [1.165, 1.54) is 12.1 Å². The fourth-order valence-electron chi connectivity index (χ4n) is 5.56. The van der Waals surface area contributed by atoms with E-state index in [9.17, 15) is 18.3 Å². The first-order valence-corrected chi connectivity index (χ1v) is 15.1. The summed E-state index contributed by atoms with van der Waals surface area (Å²) in [7, 11) is -3.87. The average molecular weight is 556 g/mol. The predicted molar refractivity (Wildman–Crippen MR) is 139 cm³/mol. The topological polar surface area (TPSA) is 99.6 Å². The number of carbonyl (C=O) groups excluding carboxylic acids is 1. The van der Waals surface area contributed by atoms with Gasteiger partial charge in [0.05, 0.1) is 30.8 Å². The summed E-state index contributed by atoms with van der Waals surface area (Å²) in [4.78, 5) is 17.3. The number of nitrogens with zero attached hydrogens (tertiary/aromatic N) is 3. The SMILES string of the molecule is CC(C)(CO)N1CCN(C(=O)OC2(C3COCC(CC4CC4)N3S(=O)(=O)c3ccc(Cl)cc3)CC2)CC1. The molecule has 2 atom stereocenters. The van der Waals surface area contributed by atoms with E-state index in [4.69, 9.17) is 21.1 Å². The number of piperazine rings is 1. The van der Waals surface area contributed by atoms with Gasteiger partial charge in [-0.25, -0.2) is 13.2 Å². The van der Waals surface area contributed by atoms with Crippen molar-refractivity contribution in [3.63, 3.8) is 0 Å². The molecule has 1 N–H and O–H groups in total. The normalized spacial score (nSPS) is 27.2. The zero-order chi connectivity index (χ0) is 26.4. The first kappa shape index (κ1) is 27.1. The van der Waals surface area contributed by atoms with E-state index >= 15 is 0 Å². The highest BCUT2D eigenvalue weighted by atomic mass is 35.5. The van der Waals surface area contributed by atoms with Crippen molar-refractivity contribution in [1.29, 1.82) is 0 Å². The van der Waals surface area contributed by atoms with Crippen molar-refractivity contribution in [2.24, 2.45) is 5.92 Å². The third-order valence-electron chi connectivity index (χ3n) is 8.37. The summed E-state index contributed by atoms with van der Waals surface area (Å²) in [5.41, 5.74) is -1.24. The number of rotatable bonds is 8. The highest BCUT2D eigenvalue weighted by Crippen LogP contribution is 2.49. The van der Waals surface area contributed by atoms with Gasteiger partial charge in [0.25, 0.3) is 0 Å². The third-order valence-corrected chi connectivity index (χ3v) is 10.6. The Bertz CT molecular complexity index is 1080. The number of aliphatic hydroxyl groups is 1. The molecular formula is C26H38ClN3O6S. The van der Waals surface area contributed by atoms with Crippen molar-refractivity contribution < 1.29 is 27.8 Å². The zero-order valence-corrected chi connectivity index (χ0v) is 23.2. The number of amides is 1. The molecule has 0 aromatic heterocycles. The van der Waals surface area contributed by atoms with Crippen LogP contribution in [-0.2, 0) is 19.5 Å². The Morgan fingerprint density at radius 1 is 1.14 bits per heavy atom. The molecule has 0 radical (unpaired) electrons. The lowest BCUT2D eigenvalue weighted by molar-refractivity contribution is -0.0762. The number of morpholine rings is 1. The van der Waals surface area contributed by atoms with Gasteiger partial charge in [0.2, 0.25) is 10.0 Å². The maximum absolute atomic E-state index is 14.0. The van der Waals surface area contributed by atoms with Crippen LogP contribution >= 0.6 is 11.6 Å². The number of hydrogen-bond acceptors (Lipinski definition) is 7. The largest absolute Gasteiger partial charge is 0.441 e. The van der Waals surface area contributed by atoms with E-state index in [0.717, 1.165) is 19.3 Å². The van der Waals surface area contributed by atoms with Gasteiger partial charge in [-0.15, -0.1) is 0 Å². The second-order valence-corrected chi connectivity index (χ2v) is 13.8. The lowest BCUT2D eigenvalue weighted by Crippen LogP contribution is -2.62. The minimum absolute atomic E-state index is 0.0438. The Morgan fingerprint density at radius 3 is 2.35 bits per heavy atom. The summed E-state index contributed by atoms with van der Waals surface area (Å²) in [6, 6.07) is 5.38. The molecule has 2 heterocycles. The maximum atomic E-state index is 14.0. The molecule has 2 unspecified atom stereocenters. The Hall–Kier alpha value is -1.43. The number of carbonyl (C=O) groups is 1. The average Bonchev–Trinajstić information content (AvgIpc) is 3.82. The van der Waals surface area contributed by atoms with Crippen LogP contribution in [0.2, 0.25) is 5.02 Å². The number of sulfonamides is 1. The van der Waals surface area contributed by atoms with Gasteiger partial charge in [0.15, 0.2) is 0 Å². The van der Waals surface area contributed by atoms with Crippen LogP contribution in [0.15, 0.2) is 29.2 Å². The number of halogens is 1. The predicted octanol–water partition coefficient (Wildman–Crippen LogP) is 2.96. The quantitative estimate of drug-likeness (QED) is 0.526. The van der Waals surface area contributed by atoms with E-state index < -0.39 is 27.8 Å². The zero-order valence-electron chi connectivity index (χ0n) is 21.6.